The van der Waals surface area contributed by atoms with Crippen LogP contribution in [0.2, 0.25) is 0 Å². The minimum atomic E-state index is -4.26. The lowest BCUT2D eigenvalue weighted by Crippen LogP contribution is -2.43. The molecule has 6 nitrogen and oxygen atoms in total. The Morgan fingerprint density at radius 2 is 2.13 bits per heavy atom. The van der Waals surface area contributed by atoms with Gasteiger partial charge in [0.05, 0.1) is 6.54 Å². The van der Waals surface area contributed by atoms with Gasteiger partial charge in [0.2, 0.25) is 0 Å². The first-order valence-electron chi connectivity index (χ1n) is 7.72. The highest BCUT2D eigenvalue weighted by Crippen LogP contribution is 2.34. The third-order valence-corrected chi connectivity index (χ3v) is 4.81. The average Bonchev–Trinajstić information content (AvgIpc) is 3.23. The largest absolute Gasteiger partial charge is 0.412 e. The van der Waals surface area contributed by atoms with Crippen molar-refractivity contribution in [1.29, 1.82) is 0 Å². The van der Waals surface area contributed by atoms with Crippen molar-refractivity contribution in [2.75, 3.05) is 13.1 Å². The maximum absolute atomic E-state index is 12.7. The molecule has 2 fully saturated rings. The summed E-state index contributed by atoms with van der Waals surface area (Å²) in [6, 6.07) is 1.04. The highest BCUT2D eigenvalue weighted by atomic mass is 19.4. The number of halogens is 3. The van der Waals surface area contributed by atoms with E-state index in [-0.39, 0.29) is 12.8 Å². The third-order valence-electron chi connectivity index (χ3n) is 4.81. The third kappa shape index (κ3) is 2.78. The number of aromatic nitrogens is 4. The van der Waals surface area contributed by atoms with E-state index in [0.717, 1.165) is 25.6 Å². The lowest BCUT2D eigenvalue weighted by atomic mass is 10.0. The van der Waals surface area contributed by atoms with Crippen LogP contribution in [0.25, 0.3) is 5.70 Å². The number of rotatable bonds is 3. The Morgan fingerprint density at radius 3 is 2.74 bits per heavy atom. The number of nitrogens with zero attached hydrogens (tertiary/aromatic N) is 5. The first-order chi connectivity index (χ1) is 11.0. The SMILES string of the molecule is FC(F)(F)C1=CC=C(n2nnnc2CN2C[C@@H]3C[C@H]2CN3)CC1. The molecule has 0 unspecified atom stereocenters. The number of likely N-dealkylation sites (tertiary alicyclic amines) is 1. The van der Waals surface area contributed by atoms with Gasteiger partial charge in [0, 0.05) is 36.4 Å². The predicted molar refractivity (Wildman–Crippen MR) is 76.1 cm³/mol. The van der Waals surface area contributed by atoms with Gasteiger partial charge in [0.1, 0.15) is 0 Å². The van der Waals surface area contributed by atoms with E-state index < -0.39 is 11.7 Å². The number of fused-ring (bicyclic) bond motifs is 2. The van der Waals surface area contributed by atoms with E-state index in [2.05, 4.69) is 25.7 Å². The molecule has 3 aliphatic rings. The second kappa shape index (κ2) is 5.41. The number of nitrogens with one attached hydrogen (secondary N) is 1. The second-order valence-corrected chi connectivity index (χ2v) is 6.28. The van der Waals surface area contributed by atoms with Crippen LogP contribution in [0.5, 0.6) is 0 Å². The first kappa shape index (κ1) is 14.8. The van der Waals surface area contributed by atoms with Gasteiger partial charge in [0.15, 0.2) is 5.82 Å². The zero-order valence-corrected chi connectivity index (χ0v) is 12.4. The van der Waals surface area contributed by atoms with Crippen LogP contribution in [0.3, 0.4) is 0 Å². The minimum Gasteiger partial charge on any atom is -0.311 e. The molecule has 0 amide bonds. The molecule has 2 saturated heterocycles. The van der Waals surface area contributed by atoms with E-state index >= 15 is 0 Å². The number of piperazine rings is 1. The fraction of sp³-hybridized carbons (Fsp3) is 0.643. The summed E-state index contributed by atoms with van der Waals surface area (Å²) in [5.41, 5.74) is 0.208. The second-order valence-electron chi connectivity index (χ2n) is 6.28. The summed E-state index contributed by atoms with van der Waals surface area (Å²) in [5.74, 6) is 0.688. The highest BCUT2D eigenvalue weighted by molar-refractivity contribution is 5.51. The summed E-state index contributed by atoms with van der Waals surface area (Å²) in [7, 11) is 0. The van der Waals surface area contributed by atoms with Crippen LogP contribution in [0.15, 0.2) is 17.7 Å². The van der Waals surface area contributed by atoms with E-state index in [9.17, 15) is 13.2 Å². The maximum Gasteiger partial charge on any atom is 0.412 e. The molecule has 1 N–H and O–H groups in total. The molecule has 3 heterocycles. The molecule has 1 aromatic heterocycles. The summed E-state index contributed by atoms with van der Waals surface area (Å²) >= 11 is 0. The molecule has 0 radical (unpaired) electrons. The molecule has 2 atom stereocenters. The van der Waals surface area contributed by atoms with Crippen LogP contribution in [-0.4, -0.2) is 56.5 Å². The fourth-order valence-corrected chi connectivity index (χ4v) is 3.59. The molecule has 23 heavy (non-hydrogen) atoms. The van der Waals surface area contributed by atoms with Crippen molar-refractivity contribution in [1.82, 2.24) is 30.4 Å². The van der Waals surface area contributed by atoms with Gasteiger partial charge in [-0.05, 0) is 35.8 Å². The van der Waals surface area contributed by atoms with E-state index in [0.29, 0.717) is 30.1 Å². The van der Waals surface area contributed by atoms with E-state index in [1.54, 1.807) is 4.68 Å². The number of alkyl halides is 3. The summed E-state index contributed by atoms with van der Waals surface area (Å²) in [6.45, 7) is 2.57. The molecule has 2 aliphatic heterocycles. The number of hydrogen-bond donors (Lipinski definition) is 1. The smallest absolute Gasteiger partial charge is 0.311 e. The van der Waals surface area contributed by atoms with Crippen LogP contribution in [0.1, 0.15) is 25.1 Å². The van der Waals surface area contributed by atoms with Gasteiger partial charge in [-0.25, -0.2) is 4.68 Å². The van der Waals surface area contributed by atoms with E-state index in [1.165, 1.54) is 6.08 Å². The molecule has 0 spiro atoms. The average molecular weight is 326 g/mol. The highest BCUT2D eigenvalue weighted by Gasteiger charge is 2.38. The van der Waals surface area contributed by atoms with Gasteiger partial charge < -0.3 is 5.32 Å². The van der Waals surface area contributed by atoms with Crippen LogP contribution < -0.4 is 5.32 Å². The molecule has 9 heteroatoms. The molecule has 124 valence electrons. The summed E-state index contributed by atoms with van der Waals surface area (Å²) < 4.78 is 39.7. The molecule has 1 aliphatic carbocycles. The Labute approximate surface area is 131 Å². The van der Waals surface area contributed by atoms with Crippen molar-refractivity contribution in [3.8, 4) is 0 Å². The molecular weight excluding hydrogens is 309 g/mol. The van der Waals surface area contributed by atoms with Gasteiger partial charge in [0.25, 0.3) is 0 Å². The normalized spacial score (nSPS) is 28.1. The van der Waals surface area contributed by atoms with Crippen LogP contribution in [0, 0.1) is 0 Å². The van der Waals surface area contributed by atoms with E-state index in [4.69, 9.17) is 0 Å². The fourth-order valence-electron chi connectivity index (χ4n) is 3.59. The Hall–Kier alpha value is -1.74. The van der Waals surface area contributed by atoms with Crippen LogP contribution in [-0.2, 0) is 6.54 Å². The monoisotopic (exact) mass is 326 g/mol. The lowest BCUT2D eigenvalue weighted by molar-refractivity contribution is -0.0939. The number of allylic oxidation sites excluding steroid dienone is 4. The van der Waals surface area contributed by atoms with Gasteiger partial charge in [-0.3, -0.25) is 4.90 Å². The zero-order chi connectivity index (χ0) is 16.0. The molecular formula is C14H17F3N6. The lowest BCUT2D eigenvalue weighted by Gasteiger charge is -2.26. The van der Waals surface area contributed by atoms with Crippen molar-refractivity contribution in [3.05, 3.63) is 23.5 Å². The Morgan fingerprint density at radius 1 is 1.26 bits per heavy atom. The zero-order valence-electron chi connectivity index (χ0n) is 12.4. The van der Waals surface area contributed by atoms with Crippen molar-refractivity contribution in [2.24, 2.45) is 0 Å². The van der Waals surface area contributed by atoms with Gasteiger partial charge >= 0.3 is 6.18 Å². The van der Waals surface area contributed by atoms with Crippen molar-refractivity contribution in [2.45, 2.75) is 44.1 Å². The van der Waals surface area contributed by atoms with Crippen LogP contribution >= 0.6 is 0 Å². The quantitative estimate of drug-likeness (QED) is 0.908. The van der Waals surface area contributed by atoms with E-state index in [1.807, 2.05) is 0 Å². The summed E-state index contributed by atoms with van der Waals surface area (Å²) in [6.07, 6.45) is -0.255. The Kier molecular flexibility index (Phi) is 3.49. The van der Waals surface area contributed by atoms with Gasteiger partial charge in [-0.1, -0.05) is 6.08 Å². The van der Waals surface area contributed by atoms with Gasteiger partial charge in [-0.15, -0.1) is 5.10 Å². The minimum absolute atomic E-state index is 0.0348. The molecule has 4 rings (SSSR count). The standard InChI is InChI=1S/C14H17F3N6/c15-14(16,17)9-1-3-11(4-2-9)23-13(19-20-21-23)8-22-7-10-5-12(22)6-18-10/h1,3,10,12,18H,2,4-8H2/t10-,12-/m0/s1. The molecule has 2 bridgehead atoms. The molecule has 1 aromatic rings. The van der Waals surface area contributed by atoms with Gasteiger partial charge in [-0.2, -0.15) is 13.2 Å². The number of hydrogen-bond acceptors (Lipinski definition) is 5. The topological polar surface area (TPSA) is 58.9 Å². The predicted octanol–water partition coefficient (Wildman–Crippen LogP) is 1.34. The maximum atomic E-state index is 12.7. The molecule has 0 saturated carbocycles. The Bertz CT molecular complexity index is 662. The Balaban J connectivity index is 1.52. The molecule has 0 aromatic carbocycles. The first-order valence-corrected chi connectivity index (χ1v) is 7.72. The van der Waals surface area contributed by atoms with Crippen molar-refractivity contribution >= 4 is 5.70 Å². The summed E-state index contributed by atoms with van der Waals surface area (Å²) in [4.78, 5) is 2.34. The summed E-state index contributed by atoms with van der Waals surface area (Å²) in [5, 5.41) is 15.2. The number of tetrazole rings is 1. The van der Waals surface area contributed by atoms with Crippen molar-refractivity contribution < 1.29 is 13.2 Å². The van der Waals surface area contributed by atoms with Crippen molar-refractivity contribution in [3.63, 3.8) is 0 Å². The van der Waals surface area contributed by atoms with Crippen LogP contribution in [0.4, 0.5) is 13.2 Å².